The Morgan fingerprint density at radius 3 is 2.52 bits per heavy atom. The van der Waals surface area contributed by atoms with Crippen molar-refractivity contribution < 1.29 is 4.74 Å². The van der Waals surface area contributed by atoms with Crippen molar-refractivity contribution in [2.45, 2.75) is 19.8 Å². The summed E-state index contributed by atoms with van der Waals surface area (Å²) in [7, 11) is 0. The second kappa shape index (κ2) is 7.82. The van der Waals surface area contributed by atoms with E-state index in [1.807, 2.05) is 18.8 Å². The van der Waals surface area contributed by atoms with E-state index in [-0.39, 0.29) is 33.3 Å². The van der Waals surface area contributed by atoms with Gasteiger partial charge in [-0.15, -0.1) is 15.3 Å². The first-order valence-corrected chi connectivity index (χ1v) is 9.56. The number of hydrogen-bond donors (Lipinski definition) is 2. The number of benzene rings is 1. The quantitative estimate of drug-likeness (QED) is 0.472. The Bertz CT molecular complexity index is 1460. The predicted molar refractivity (Wildman–Crippen MR) is 111 cm³/mol. The molecule has 0 aliphatic carbocycles. The highest BCUT2D eigenvalue weighted by Crippen LogP contribution is 2.38. The summed E-state index contributed by atoms with van der Waals surface area (Å²) >= 11 is 12.6. The summed E-state index contributed by atoms with van der Waals surface area (Å²) in [4.78, 5) is 25.6. The maximum absolute atomic E-state index is 12.1. The van der Waals surface area contributed by atoms with Crippen molar-refractivity contribution in [2.24, 2.45) is 0 Å². The molecule has 0 aliphatic rings. The topological polar surface area (TPSA) is 155 Å². The van der Waals surface area contributed by atoms with Crippen LogP contribution < -0.4 is 16.0 Å². The largest absolute Gasteiger partial charge is 0.434 e. The molecule has 0 fully saturated rings. The summed E-state index contributed by atoms with van der Waals surface area (Å²) in [5, 5.41) is 28.6. The number of nitrogens with zero attached hydrogens (tertiary/aromatic N) is 6. The maximum atomic E-state index is 12.1. The van der Waals surface area contributed by atoms with Crippen molar-refractivity contribution >= 4 is 34.2 Å². The van der Waals surface area contributed by atoms with Crippen LogP contribution in [-0.4, -0.2) is 35.2 Å². The number of ether oxygens (including phenoxy) is 1. The normalized spacial score (nSPS) is 11.1. The number of nitriles is 1. The van der Waals surface area contributed by atoms with Crippen LogP contribution in [0.15, 0.2) is 27.8 Å². The molecule has 2 N–H and O–H groups in total. The second-order valence-electron chi connectivity index (χ2n) is 6.68. The van der Waals surface area contributed by atoms with Crippen molar-refractivity contribution in [3.63, 3.8) is 0 Å². The van der Waals surface area contributed by atoms with Gasteiger partial charge in [-0.1, -0.05) is 37.0 Å². The lowest BCUT2D eigenvalue weighted by Gasteiger charge is -2.11. The number of H-pyrrole nitrogens is 2. The molecule has 0 unspecified atom stereocenters. The van der Waals surface area contributed by atoms with E-state index in [4.69, 9.17) is 33.2 Å². The minimum atomic E-state index is -0.894. The van der Waals surface area contributed by atoms with Crippen molar-refractivity contribution in [1.82, 2.24) is 35.2 Å². The fourth-order valence-electron chi connectivity index (χ4n) is 2.83. The van der Waals surface area contributed by atoms with E-state index in [1.165, 1.54) is 12.1 Å². The molecule has 0 amide bonds. The van der Waals surface area contributed by atoms with Gasteiger partial charge in [0.05, 0.1) is 21.4 Å². The molecule has 13 heteroatoms. The molecule has 3 heterocycles. The Morgan fingerprint density at radius 2 is 1.87 bits per heavy atom. The van der Waals surface area contributed by atoms with E-state index < -0.39 is 16.9 Å². The summed E-state index contributed by atoms with van der Waals surface area (Å²) in [6, 6.07) is 5.96. The lowest BCUT2D eigenvalue weighted by Crippen LogP contribution is -2.33. The molecule has 0 radical (unpaired) electrons. The van der Waals surface area contributed by atoms with Crippen molar-refractivity contribution in [1.29, 1.82) is 5.26 Å². The number of hydrogen-bond acceptors (Lipinski definition) is 8. The molecule has 4 rings (SSSR count). The Balaban J connectivity index is 1.75. The standard InChI is InChI=1S/C18H12Cl2N8O3/c1-7(2)14-9-5-13(23-25-16(9)26-24-14)31-15-10(19)3-8(4-11(15)20)28-18(30)22-17(29)12(6-21)27-28/h3-5,7H,1-2H3,(H,22,29,30)(H,24,25,26). The van der Waals surface area contributed by atoms with Crippen LogP contribution in [0.5, 0.6) is 11.6 Å². The van der Waals surface area contributed by atoms with Gasteiger partial charge in [0.25, 0.3) is 5.56 Å². The van der Waals surface area contributed by atoms with Crippen LogP contribution in [0.3, 0.4) is 0 Å². The first-order chi connectivity index (χ1) is 14.8. The molecular weight excluding hydrogens is 447 g/mol. The molecule has 11 nitrogen and oxygen atoms in total. The third-order valence-corrected chi connectivity index (χ3v) is 4.81. The molecule has 1 aromatic carbocycles. The van der Waals surface area contributed by atoms with Gasteiger partial charge in [-0.3, -0.25) is 14.9 Å². The van der Waals surface area contributed by atoms with Crippen LogP contribution in [-0.2, 0) is 0 Å². The summed E-state index contributed by atoms with van der Waals surface area (Å²) < 4.78 is 6.54. The van der Waals surface area contributed by atoms with Crippen LogP contribution in [0.4, 0.5) is 0 Å². The highest BCUT2D eigenvalue weighted by atomic mass is 35.5. The van der Waals surface area contributed by atoms with E-state index in [2.05, 4.69) is 25.5 Å². The number of aromatic nitrogens is 7. The molecule has 0 saturated carbocycles. The smallest absolute Gasteiger partial charge is 0.349 e. The number of nitrogens with one attached hydrogen (secondary N) is 2. The summed E-state index contributed by atoms with van der Waals surface area (Å²) in [6.07, 6.45) is 0. The monoisotopic (exact) mass is 458 g/mol. The summed E-state index contributed by atoms with van der Waals surface area (Å²) in [6.45, 7) is 3.99. The average molecular weight is 459 g/mol. The van der Waals surface area contributed by atoms with E-state index in [9.17, 15) is 9.59 Å². The van der Waals surface area contributed by atoms with Gasteiger partial charge in [0, 0.05) is 11.5 Å². The molecule has 0 atom stereocenters. The van der Waals surface area contributed by atoms with Crippen LogP contribution in [0.25, 0.3) is 16.7 Å². The van der Waals surface area contributed by atoms with Gasteiger partial charge < -0.3 is 4.74 Å². The molecular formula is C18H12Cl2N8O3. The van der Waals surface area contributed by atoms with Gasteiger partial charge in [0.1, 0.15) is 6.07 Å². The predicted octanol–water partition coefficient (Wildman–Crippen LogP) is 2.68. The summed E-state index contributed by atoms with van der Waals surface area (Å²) in [5.74, 6) is 0.366. The zero-order valence-electron chi connectivity index (χ0n) is 16.0. The molecule has 0 aliphatic heterocycles. The van der Waals surface area contributed by atoms with E-state index in [0.29, 0.717) is 5.65 Å². The molecule has 0 bridgehead atoms. The Morgan fingerprint density at radius 1 is 1.16 bits per heavy atom. The Kier molecular flexibility index (Phi) is 5.18. The van der Waals surface area contributed by atoms with Crippen LogP contribution in [0, 0.1) is 11.3 Å². The third kappa shape index (κ3) is 3.74. The fourth-order valence-corrected chi connectivity index (χ4v) is 3.39. The SMILES string of the molecule is CC(C)c1n[nH]c2nnc(Oc3c(Cl)cc(-n4nc(C#N)c(=O)[nH]c4=O)cc3Cl)cc12. The summed E-state index contributed by atoms with van der Waals surface area (Å²) in [5.41, 5.74) is -0.799. The van der Waals surface area contributed by atoms with Gasteiger partial charge >= 0.3 is 5.69 Å². The van der Waals surface area contributed by atoms with Crippen LogP contribution in [0.2, 0.25) is 10.0 Å². The van der Waals surface area contributed by atoms with Crippen molar-refractivity contribution in [3.8, 4) is 23.4 Å². The third-order valence-electron chi connectivity index (χ3n) is 4.24. The lowest BCUT2D eigenvalue weighted by atomic mass is 10.1. The van der Waals surface area contributed by atoms with Crippen molar-refractivity contribution in [3.05, 3.63) is 60.5 Å². The molecule has 156 valence electrons. The second-order valence-corrected chi connectivity index (χ2v) is 7.49. The maximum Gasteiger partial charge on any atom is 0.349 e. The Labute approximate surface area is 183 Å². The van der Waals surface area contributed by atoms with Crippen molar-refractivity contribution in [2.75, 3.05) is 0 Å². The van der Waals surface area contributed by atoms with Crippen LogP contribution in [0.1, 0.15) is 31.2 Å². The molecule has 31 heavy (non-hydrogen) atoms. The van der Waals surface area contributed by atoms with Crippen LogP contribution >= 0.6 is 23.2 Å². The number of halogens is 2. The lowest BCUT2D eigenvalue weighted by molar-refractivity contribution is 0.457. The minimum absolute atomic E-state index is 0.0408. The minimum Gasteiger partial charge on any atom is -0.434 e. The zero-order valence-corrected chi connectivity index (χ0v) is 17.5. The number of aromatic amines is 2. The molecule has 4 aromatic rings. The highest BCUT2D eigenvalue weighted by molar-refractivity contribution is 6.37. The van der Waals surface area contributed by atoms with E-state index in [1.54, 1.807) is 12.1 Å². The fraction of sp³-hybridized carbons (Fsp3) is 0.167. The van der Waals surface area contributed by atoms with Gasteiger partial charge in [0.15, 0.2) is 11.4 Å². The molecule has 0 saturated heterocycles. The highest BCUT2D eigenvalue weighted by Gasteiger charge is 2.17. The Hall–Kier alpha value is -3.75. The first kappa shape index (κ1) is 20.5. The van der Waals surface area contributed by atoms with E-state index >= 15 is 0 Å². The average Bonchev–Trinajstić information content (AvgIpc) is 3.14. The number of fused-ring (bicyclic) bond motifs is 1. The van der Waals surface area contributed by atoms with E-state index in [0.717, 1.165) is 15.8 Å². The zero-order chi connectivity index (χ0) is 22.3. The molecule has 0 spiro atoms. The number of rotatable bonds is 4. The van der Waals surface area contributed by atoms with Gasteiger partial charge in [-0.25, -0.2) is 4.79 Å². The van der Waals surface area contributed by atoms with Gasteiger partial charge in [0.2, 0.25) is 11.6 Å². The van der Waals surface area contributed by atoms with Gasteiger partial charge in [-0.2, -0.15) is 15.0 Å². The van der Waals surface area contributed by atoms with Gasteiger partial charge in [-0.05, 0) is 18.1 Å². The molecule has 3 aromatic heterocycles. The first-order valence-electron chi connectivity index (χ1n) is 8.81.